The molecule has 3 nitrogen and oxygen atoms in total. The Morgan fingerprint density at radius 3 is 2.69 bits per heavy atom. The van der Waals surface area contributed by atoms with Crippen molar-refractivity contribution in [2.45, 2.75) is 19.9 Å². The van der Waals surface area contributed by atoms with Crippen LogP contribution in [-0.4, -0.2) is 28.4 Å². The van der Waals surface area contributed by atoms with Crippen molar-refractivity contribution in [2.24, 2.45) is 0 Å². The van der Waals surface area contributed by atoms with E-state index in [1.165, 1.54) is 0 Å². The molecule has 1 rings (SSSR count). The molecular formula is C9H14ClN3. The molecule has 0 saturated carbocycles. The molecule has 1 aromatic heterocycles. The first-order valence-electron chi connectivity index (χ1n) is 4.34. The summed E-state index contributed by atoms with van der Waals surface area (Å²) in [4.78, 5) is 10.4. The number of halogens is 1. The SMILES string of the molecule is CC(C)N(CCCl)c1cnccn1. The fourth-order valence-corrected chi connectivity index (χ4v) is 1.35. The lowest BCUT2D eigenvalue weighted by Gasteiger charge is -2.26. The molecule has 0 aliphatic rings. The van der Waals surface area contributed by atoms with Gasteiger partial charge in [-0.1, -0.05) is 0 Å². The lowest BCUT2D eigenvalue weighted by molar-refractivity contribution is 0.693. The zero-order valence-electron chi connectivity index (χ0n) is 7.94. The molecule has 0 aliphatic carbocycles. The molecule has 0 amide bonds. The number of alkyl halides is 1. The highest BCUT2D eigenvalue weighted by molar-refractivity contribution is 6.18. The van der Waals surface area contributed by atoms with Crippen molar-refractivity contribution in [3.63, 3.8) is 0 Å². The Bertz CT molecular complexity index is 238. The first kappa shape index (κ1) is 10.3. The topological polar surface area (TPSA) is 29.0 Å². The van der Waals surface area contributed by atoms with Gasteiger partial charge in [-0.3, -0.25) is 4.98 Å². The van der Waals surface area contributed by atoms with Crippen LogP contribution < -0.4 is 4.90 Å². The molecule has 0 aromatic carbocycles. The number of aromatic nitrogens is 2. The van der Waals surface area contributed by atoms with Gasteiger partial charge in [0, 0.05) is 30.9 Å². The smallest absolute Gasteiger partial charge is 0.147 e. The molecule has 0 saturated heterocycles. The van der Waals surface area contributed by atoms with Crippen LogP contribution in [0.3, 0.4) is 0 Å². The van der Waals surface area contributed by atoms with E-state index in [9.17, 15) is 0 Å². The second-order valence-electron chi connectivity index (χ2n) is 3.04. The number of nitrogens with zero attached hydrogens (tertiary/aromatic N) is 3. The monoisotopic (exact) mass is 199 g/mol. The van der Waals surface area contributed by atoms with Gasteiger partial charge in [0.2, 0.25) is 0 Å². The van der Waals surface area contributed by atoms with Crippen LogP contribution in [0.1, 0.15) is 13.8 Å². The molecule has 0 spiro atoms. The second kappa shape index (κ2) is 5.02. The lowest BCUT2D eigenvalue weighted by atomic mass is 10.3. The van der Waals surface area contributed by atoms with E-state index >= 15 is 0 Å². The molecule has 0 unspecified atom stereocenters. The standard InChI is InChI=1S/C9H14ClN3/c1-8(2)13(6-3-10)9-7-11-4-5-12-9/h4-5,7-8H,3,6H2,1-2H3. The van der Waals surface area contributed by atoms with Crippen molar-refractivity contribution >= 4 is 17.4 Å². The summed E-state index contributed by atoms with van der Waals surface area (Å²) in [5, 5.41) is 0. The molecule has 0 fully saturated rings. The van der Waals surface area contributed by atoms with Gasteiger partial charge in [-0.05, 0) is 13.8 Å². The predicted molar refractivity (Wildman–Crippen MR) is 55.2 cm³/mol. The zero-order valence-corrected chi connectivity index (χ0v) is 8.70. The molecule has 0 N–H and O–H groups in total. The Morgan fingerprint density at radius 1 is 1.46 bits per heavy atom. The zero-order chi connectivity index (χ0) is 9.68. The van der Waals surface area contributed by atoms with Gasteiger partial charge in [-0.2, -0.15) is 0 Å². The molecule has 13 heavy (non-hydrogen) atoms. The fourth-order valence-electron chi connectivity index (χ4n) is 1.17. The summed E-state index contributed by atoms with van der Waals surface area (Å²) in [5.41, 5.74) is 0. The van der Waals surface area contributed by atoms with E-state index in [-0.39, 0.29) is 0 Å². The molecule has 0 radical (unpaired) electrons. The average Bonchev–Trinajstić information content (AvgIpc) is 2.15. The summed E-state index contributed by atoms with van der Waals surface area (Å²) < 4.78 is 0. The summed E-state index contributed by atoms with van der Waals surface area (Å²) in [6.07, 6.45) is 5.12. The van der Waals surface area contributed by atoms with Crippen LogP contribution in [0.15, 0.2) is 18.6 Å². The van der Waals surface area contributed by atoms with Crippen molar-refractivity contribution in [1.29, 1.82) is 0 Å². The molecule has 1 aromatic rings. The number of hydrogen-bond acceptors (Lipinski definition) is 3. The summed E-state index contributed by atoms with van der Waals surface area (Å²) in [6.45, 7) is 5.03. The van der Waals surface area contributed by atoms with E-state index in [2.05, 4.69) is 28.7 Å². The minimum atomic E-state index is 0.399. The van der Waals surface area contributed by atoms with E-state index in [4.69, 9.17) is 11.6 Å². The maximum Gasteiger partial charge on any atom is 0.147 e. The highest BCUT2D eigenvalue weighted by atomic mass is 35.5. The van der Waals surface area contributed by atoms with Crippen LogP contribution in [-0.2, 0) is 0 Å². The number of hydrogen-bond donors (Lipinski definition) is 0. The van der Waals surface area contributed by atoms with Crippen molar-refractivity contribution in [2.75, 3.05) is 17.3 Å². The Balaban J connectivity index is 2.76. The summed E-state index contributed by atoms with van der Waals surface area (Å²) >= 11 is 5.70. The molecular weight excluding hydrogens is 186 g/mol. The summed E-state index contributed by atoms with van der Waals surface area (Å²) in [5.74, 6) is 1.49. The average molecular weight is 200 g/mol. The van der Waals surface area contributed by atoms with E-state index < -0.39 is 0 Å². The number of anilines is 1. The summed E-state index contributed by atoms with van der Waals surface area (Å²) in [7, 11) is 0. The van der Waals surface area contributed by atoms with Gasteiger partial charge < -0.3 is 4.90 Å². The first-order valence-corrected chi connectivity index (χ1v) is 4.87. The maximum atomic E-state index is 5.70. The van der Waals surface area contributed by atoms with Gasteiger partial charge in [0.1, 0.15) is 5.82 Å². The van der Waals surface area contributed by atoms with Gasteiger partial charge in [0.05, 0.1) is 6.20 Å². The first-order chi connectivity index (χ1) is 6.25. The van der Waals surface area contributed by atoms with Crippen LogP contribution in [0.25, 0.3) is 0 Å². The van der Waals surface area contributed by atoms with Gasteiger partial charge in [-0.15, -0.1) is 11.6 Å². The predicted octanol–water partition coefficient (Wildman–Crippen LogP) is 1.93. The van der Waals surface area contributed by atoms with E-state index in [0.717, 1.165) is 12.4 Å². The molecule has 72 valence electrons. The Morgan fingerprint density at radius 2 is 2.23 bits per heavy atom. The molecule has 0 bridgehead atoms. The van der Waals surface area contributed by atoms with Crippen LogP contribution >= 0.6 is 11.6 Å². The fraction of sp³-hybridized carbons (Fsp3) is 0.556. The van der Waals surface area contributed by atoms with E-state index in [0.29, 0.717) is 11.9 Å². The third kappa shape index (κ3) is 2.84. The Kier molecular flexibility index (Phi) is 3.96. The lowest BCUT2D eigenvalue weighted by Crippen LogP contribution is -2.33. The maximum absolute atomic E-state index is 5.70. The van der Waals surface area contributed by atoms with Crippen LogP contribution in [0, 0.1) is 0 Å². The normalized spacial score (nSPS) is 10.5. The molecule has 4 heteroatoms. The third-order valence-electron chi connectivity index (χ3n) is 1.79. The van der Waals surface area contributed by atoms with Gasteiger partial charge in [0.15, 0.2) is 0 Å². The molecule has 0 aliphatic heterocycles. The van der Waals surface area contributed by atoms with Crippen LogP contribution in [0.4, 0.5) is 5.82 Å². The van der Waals surface area contributed by atoms with Crippen LogP contribution in [0.5, 0.6) is 0 Å². The van der Waals surface area contributed by atoms with E-state index in [1.807, 2.05) is 0 Å². The van der Waals surface area contributed by atoms with Gasteiger partial charge >= 0.3 is 0 Å². The van der Waals surface area contributed by atoms with Gasteiger partial charge in [-0.25, -0.2) is 4.98 Å². The van der Waals surface area contributed by atoms with Crippen molar-refractivity contribution in [3.05, 3.63) is 18.6 Å². The molecule has 1 heterocycles. The highest BCUT2D eigenvalue weighted by Gasteiger charge is 2.10. The van der Waals surface area contributed by atoms with Crippen molar-refractivity contribution in [3.8, 4) is 0 Å². The molecule has 0 atom stereocenters. The minimum absolute atomic E-state index is 0.399. The van der Waals surface area contributed by atoms with Gasteiger partial charge in [0.25, 0.3) is 0 Å². The highest BCUT2D eigenvalue weighted by Crippen LogP contribution is 2.11. The largest absolute Gasteiger partial charge is 0.352 e. The summed E-state index contributed by atoms with van der Waals surface area (Å²) in [6, 6.07) is 0.399. The van der Waals surface area contributed by atoms with Crippen LogP contribution in [0.2, 0.25) is 0 Å². The third-order valence-corrected chi connectivity index (χ3v) is 1.96. The Labute approximate surface area is 83.8 Å². The Hall–Kier alpha value is -0.830. The quantitative estimate of drug-likeness (QED) is 0.694. The second-order valence-corrected chi connectivity index (χ2v) is 3.42. The van der Waals surface area contributed by atoms with Crippen molar-refractivity contribution in [1.82, 2.24) is 9.97 Å². The number of rotatable bonds is 4. The van der Waals surface area contributed by atoms with E-state index in [1.54, 1.807) is 18.6 Å². The minimum Gasteiger partial charge on any atom is -0.352 e. The van der Waals surface area contributed by atoms with Crippen molar-refractivity contribution < 1.29 is 0 Å².